The fourth-order valence-electron chi connectivity index (χ4n) is 10.2. The molecule has 14 rings (SSSR count). The van der Waals surface area contributed by atoms with E-state index < -0.39 is 35.8 Å². The molecule has 0 amide bonds. The number of rotatable bonds is 6. The van der Waals surface area contributed by atoms with Gasteiger partial charge in [-0.3, -0.25) is 0 Å². The summed E-state index contributed by atoms with van der Waals surface area (Å²) in [6, 6.07) is 68.8. The van der Waals surface area contributed by atoms with Crippen molar-refractivity contribution in [1.29, 1.82) is 0 Å². The number of hydrogen-bond acceptors (Lipinski definition) is 18. The van der Waals surface area contributed by atoms with Crippen LogP contribution < -0.4 is 0 Å². The second-order valence-corrected chi connectivity index (χ2v) is 20.0. The van der Waals surface area contributed by atoms with E-state index in [0.29, 0.717) is 97.0 Å². The van der Waals surface area contributed by atoms with Crippen LogP contribution in [0.5, 0.6) is 0 Å². The highest BCUT2D eigenvalue weighted by atomic mass is 16.5. The first kappa shape index (κ1) is 55.9. The number of methoxy groups -OCH3 is 6. The van der Waals surface area contributed by atoms with Crippen LogP contribution in [-0.4, -0.2) is 108 Å². The minimum absolute atomic E-state index is 0.0712. The van der Waals surface area contributed by atoms with Crippen molar-refractivity contribution in [1.82, 2.24) is 29.9 Å². The minimum atomic E-state index is -0.746. The molecule has 0 saturated heterocycles. The Hall–Kier alpha value is -13.3. The molecule has 18 nitrogen and oxygen atoms in total. The van der Waals surface area contributed by atoms with E-state index in [1.165, 1.54) is 79.1 Å². The van der Waals surface area contributed by atoms with Gasteiger partial charge in [-0.15, -0.1) is 0 Å². The molecule has 6 aromatic heterocycles. The number of benzene rings is 5. The Kier molecular flexibility index (Phi) is 14.1. The quantitative estimate of drug-likeness (QED) is 0.0854. The maximum Gasteiger partial charge on any atom is 0.356 e. The number of ether oxygens (including phenoxy) is 6. The Bertz CT molecular complexity index is 4710. The largest absolute Gasteiger partial charge is 0.464 e. The molecule has 6 heterocycles. The van der Waals surface area contributed by atoms with Crippen LogP contribution in [0.4, 0.5) is 0 Å². The summed E-state index contributed by atoms with van der Waals surface area (Å²) >= 11 is 0. The van der Waals surface area contributed by atoms with Crippen molar-refractivity contribution in [3.05, 3.63) is 216 Å². The average molecular weight is 1180 g/mol. The summed E-state index contributed by atoms with van der Waals surface area (Å²) in [5.74, 6) is -4.48. The molecule has 0 fully saturated rings. The molecule has 0 unspecified atom stereocenters. The van der Waals surface area contributed by atoms with Gasteiger partial charge in [0.15, 0.2) is 0 Å². The van der Waals surface area contributed by atoms with E-state index in [1.54, 1.807) is 72.8 Å². The van der Waals surface area contributed by atoms with E-state index >= 15 is 0 Å². The van der Waals surface area contributed by atoms with Gasteiger partial charge in [0.05, 0.1) is 75.8 Å². The van der Waals surface area contributed by atoms with Crippen LogP contribution in [0.3, 0.4) is 0 Å². The Morgan fingerprint density at radius 1 is 0.222 bits per heavy atom. The average Bonchev–Trinajstić information content (AvgIpc) is 0.804. The lowest BCUT2D eigenvalue weighted by atomic mass is 10.0. The predicted octanol–water partition coefficient (Wildman–Crippen LogP) is 11.6. The molecule has 0 radical (unpaired) electrons. The van der Waals surface area contributed by atoms with Gasteiger partial charge < -0.3 is 28.4 Å². The third-order valence-electron chi connectivity index (χ3n) is 14.5. The first-order valence-corrected chi connectivity index (χ1v) is 27.0. The molecule has 12 bridgehead atoms. The number of aromatic nitrogens is 6. The third-order valence-corrected chi connectivity index (χ3v) is 14.5. The Labute approximate surface area is 509 Å². The molecule has 14 aromatic rings. The number of esters is 6. The van der Waals surface area contributed by atoms with Crippen LogP contribution in [0.2, 0.25) is 0 Å². The molecule has 426 valence electrons. The van der Waals surface area contributed by atoms with Crippen molar-refractivity contribution in [2.45, 2.75) is 0 Å². The van der Waals surface area contributed by atoms with E-state index in [0.717, 1.165) is 0 Å². The van der Waals surface area contributed by atoms with Gasteiger partial charge in [0.2, 0.25) is 0 Å². The molecule has 0 aliphatic rings. The van der Waals surface area contributed by atoms with Gasteiger partial charge in [0.1, 0.15) is 34.2 Å². The Morgan fingerprint density at radius 3 is 0.522 bits per heavy atom. The SMILES string of the molecule is COC(=O)c1cc2c#cc3cc4c#cc5cc(C(=O)OC)nc6cc7nc(C(=O)OC)cc(c#cc8cc(c#cc9cc(C(=O)OC)nc%10cc(n1)c2cc9%10)cc(c#cc1cc(C(=O)OC)nc2cc9nc(C(=O)OC)cc(c#cc(c3)c4)c9cc12)c8)c7cc56. The van der Waals surface area contributed by atoms with Crippen molar-refractivity contribution in [3.63, 3.8) is 0 Å². The van der Waals surface area contributed by atoms with Crippen molar-refractivity contribution in [2.75, 3.05) is 42.7 Å². The summed E-state index contributed by atoms with van der Waals surface area (Å²) in [7, 11) is 7.38. The zero-order chi connectivity index (χ0) is 62.5. The minimum Gasteiger partial charge on any atom is -0.464 e. The van der Waals surface area contributed by atoms with Crippen molar-refractivity contribution in [2.24, 2.45) is 0 Å². The topological polar surface area (TPSA) is 235 Å². The summed E-state index contributed by atoms with van der Waals surface area (Å²) in [5.41, 5.74) is 1.24. The second kappa shape index (κ2) is 22.6. The summed E-state index contributed by atoms with van der Waals surface area (Å²) in [6.07, 6.45) is 0. The van der Waals surface area contributed by atoms with Crippen LogP contribution >= 0.6 is 0 Å². The van der Waals surface area contributed by atoms with E-state index in [4.69, 9.17) is 28.4 Å². The summed E-state index contributed by atoms with van der Waals surface area (Å²) in [6.45, 7) is 0. The number of nitrogens with zero attached hydrogens (tertiary/aromatic N) is 6. The van der Waals surface area contributed by atoms with Crippen LogP contribution in [0.25, 0.3) is 130 Å². The molecule has 90 heavy (non-hydrogen) atoms. The first-order chi connectivity index (χ1) is 43.7. The Balaban J connectivity index is 1.28. The Morgan fingerprint density at radius 2 is 0.378 bits per heavy atom. The van der Waals surface area contributed by atoms with E-state index in [9.17, 15) is 28.8 Å². The summed E-state index contributed by atoms with van der Waals surface area (Å²) in [5, 5.41) is 7.30. The smallest absolute Gasteiger partial charge is 0.356 e. The second-order valence-electron chi connectivity index (χ2n) is 20.0. The van der Waals surface area contributed by atoms with Crippen LogP contribution in [0.15, 0.2) is 109 Å². The fraction of sp³-hybridized carbons (Fsp3) is 0.0833. The fourth-order valence-corrected chi connectivity index (χ4v) is 10.2. The standard InChI is InChI=1S/C72H36N6O12/c1-85-67(79)61-25-43-13-7-37-19-38-9-15-45-27-63(69(81)87-3)75-57-35-59-53(32-51(45)57)47(29-65(77-59)71(83)89-5)17-11-41-22-40(8-14-44-26-62(68(80)86-2)74-56-34-55(73-61)49(43)31-50(44)56)23-42(24-41)12-18-48-30-66(72(84)90-6)78-60-36-58-52(33-54(48)60)46(16-10-39(20-37)21-38)28-64(76-58)70(82)88-4/h19-36H,1-6H3. The summed E-state index contributed by atoms with van der Waals surface area (Å²) in [4.78, 5) is 108. The van der Waals surface area contributed by atoms with E-state index in [-0.39, 0.29) is 67.3 Å². The number of carbonyl (C=O) groups excluding carboxylic acids is 6. The van der Waals surface area contributed by atoms with Gasteiger partial charge in [0, 0.05) is 97.0 Å². The maximum absolute atomic E-state index is 13.3. The van der Waals surface area contributed by atoms with Crippen LogP contribution in [-0.2, 0) is 28.4 Å². The molecular weight excluding hydrogens is 1140 g/mol. The third kappa shape index (κ3) is 10.5. The van der Waals surface area contributed by atoms with Gasteiger partial charge >= 0.3 is 35.8 Å². The van der Waals surface area contributed by atoms with Crippen molar-refractivity contribution >= 4 is 166 Å². The molecule has 0 saturated carbocycles. The lowest BCUT2D eigenvalue weighted by Gasteiger charge is -2.07. The van der Waals surface area contributed by atoms with Crippen LogP contribution in [0.1, 0.15) is 62.9 Å². The van der Waals surface area contributed by atoms with Gasteiger partial charge in [-0.1, -0.05) is 72.8 Å². The maximum atomic E-state index is 13.3. The number of pyridine rings is 6. The highest BCUT2D eigenvalue weighted by molar-refractivity contribution is 6.14. The molecule has 0 atom stereocenters. The molecule has 18 heteroatoms. The van der Waals surface area contributed by atoms with Gasteiger partial charge in [0.25, 0.3) is 0 Å². The molecule has 0 aliphatic carbocycles. The van der Waals surface area contributed by atoms with Gasteiger partial charge in [-0.2, -0.15) is 0 Å². The molecule has 8 aromatic carbocycles. The monoisotopic (exact) mass is 1180 g/mol. The highest BCUT2D eigenvalue weighted by Crippen LogP contribution is 2.32. The zero-order valence-electron chi connectivity index (χ0n) is 48.0. The van der Waals surface area contributed by atoms with Gasteiger partial charge in [-0.25, -0.2) is 58.7 Å². The van der Waals surface area contributed by atoms with Crippen LogP contribution in [0, 0.1) is 72.8 Å². The lowest BCUT2D eigenvalue weighted by Crippen LogP contribution is -2.05. The van der Waals surface area contributed by atoms with Gasteiger partial charge in [-0.05, 0) is 109 Å². The molecule has 0 aliphatic heterocycles. The van der Waals surface area contributed by atoms with E-state index in [1.807, 2.05) is 0 Å². The normalized spacial score (nSPS) is 10.7. The molecule has 0 N–H and O–H groups in total. The highest BCUT2D eigenvalue weighted by Gasteiger charge is 2.19. The lowest BCUT2D eigenvalue weighted by molar-refractivity contribution is 0.0586. The van der Waals surface area contributed by atoms with Crippen molar-refractivity contribution in [3.8, 4) is 0 Å². The number of carbonyl (C=O) groups is 6. The molecule has 0 spiro atoms. The number of hydrogen-bond donors (Lipinski definition) is 0. The predicted molar refractivity (Wildman–Crippen MR) is 330 cm³/mol. The van der Waals surface area contributed by atoms with E-state index in [2.05, 4.69) is 103 Å². The zero-order valence-corrected chi connectivity index (χ0v) is 48.0. The first-order valence-electron chi connectivity index (χ1n) is 27.0. The van der Waals surface area contributed by atoms with Crippen molar-refractivity contribution < 1.29 is 57.2 Å². The summed E-state index contributed by atoms with van der Waals surface area (Å²) < 4.78 is 30.8. The molecular formula is C72H36N6O12.